The second-order valence-corrected chi connectivity index (χ2v) is 17.3. The molecule has 4 heterocycles. The summed E-state index contributed by atoms with van der Waals surface area (Å²) in [7, 11) is 0. The van der Waals surface area contributed by atoms with E-state index >= 15 is 0 Å². The summed E-state index contributed by atoms with van der Waals surface area (Å²) in [4.78, 5) is 9.99. The number of para-hydroxylation sites is 8. The first kappa shape index (κ1) is 40.8. The van der Waals surface area contributed by atoms with Crippen molar-refractivity contribution in [2.24, 2.45) is 0 Å². The molecule has 0 aliphatic rings. The molecule has 0 aliphatic heterocycles. The molecule has 0 atom stereocenters. The van der Waals surface area contributed by atoms with Crippen molar-refractivity contribution >= 4 is 98.6 Å². The number of aromatic nitrogens is 4. The van der Waals surface area contributed by atoms with Crippen LogP contribution in [0.3, 0.4) is 0 Å². The Morgan fingerprint density at radius 2 is 0.813 bits per heavy atom. The number of nitriles is 2. The van der Waals surface area contributed by atoms with Crippen LogP contribution in [0.25, 0.3) is 114 Å². The van der Waals surface area contributed by atoms with Gasteiger partial charge in [-0.1, -0.05) is 146 Å². The van der Waals surface area contributed by atoms with Gasteiger partial charge in [0.25, 0.3) is 5.69 Å². The van der Waals surface area contributed by atoms with E-state index in [-0.39, 0.29) is 17.3 Å². The Bertz CT molecular complexity index is 4890. The van der Waals surface area contributed by atoms with E-state index in [0.29, 0.717) is 57.8 Å². The lowest BCUT2D eigenvalue weighted by atomic mass is 10.1. The lowest BCUT2D eigenvalue weighted by Gasteiger charge is -2.21. The van der Waals surface area contributed by atoms with Crippen LogP contribution < -0.4 is 0 Å². The van der Waals surface area contributed by atoms with Crippen molar-refractivity contribution in [3.63, 3.8) is 0 Å². The largest absolute Gasteiger partial charge is 0.355 e. The van der Waals surface area contributed by atoms with Crippen LogP contribution in [0, 0.1) is 53.3 Å². The highest BCUT2D eigenvalue weighted by Crippen LogP contribution is 2.46. The molecule has 0 bridgehead atoms. The van der Waals surface area contributed by atoms with Gasteiger partial charge in [0.1, 0.15) is 29.3 Å². The maximum atomic E-state index is 12.9. The average molecular weight is 977 g/mol. The zero-order chi connectivity index (χ0) is 54.8. The molecule has 1 N–H and O–H groups in total. The van der Waals surface area contributed by atoms with Gasteiger partial charge < -0.3 is 18.7 Å². The Morgan fingerprint density at radius 3 is 1.32 bits per heavy atom. The average Bonchev–Trinajstić information content (AvgIpc) is 4.40. The van der Waals surface area contributed by atoms with Crippen molar-refractivity contribution < 1.29 is 18.7 Å². The van der Waals surface area contributed by atoms with Crippen LogP contribution >= 0.6 is 0 Å². The van der Waals surface area contributed by atoms with Crippen molar-refractivity contribution in [2.45, 2.75) is 0 Å². The SMILES string of the molecule is [2H]c1cccc2c1[nH]c1ccccc12.[2H]c1cccc2c3ccccc3n(-c3cc(-n4c5ccccc5c5cccc([2H])c54)c([N+]#[C-])c(-n4c5ccccc5c5cccc([2H])c54)c3C#N)c12.[C-]#[N+]c1c(F)cc(F)c(C#N)c1F. The number of rotatable bonds is 3. The number of nitrogens with one attached hydrogen (secondary N) is 1. The molecule has 0 radical (unpaired) electrons. The number of benzene rings is 10. The quantitative estimate of drug-likeness (QED) is 0.179. The van der Waals surface area contributed by atoms with E-state index in [1.54, 1.807) is 24.3 Å². The molecule has 14 rings (SSSR count). The van der Waals surface area contributed by atoms with Crippen LogP contribution in [0.4, 0.5) is 24.5 Å². The number of fused-ring (bicyclic) bond motifs is 12. The number of H-pyrrole nitrogens is 1. The van der Waals surface area contributed by atoms with Gasteiger partial charge in [0.15, 0.2) is 5.82 Å². The lowest BCUT2D eigenvalue weighted by Crippen LogP contribution is -2.08. The highest BCUT2D eigenvalue weighted by atomic mass is 19.1. The smallest absolute Gasteiger partial charge is 0.258 e. The predicted molar refractivity (Wildman–Crippen MR) is 294 cm³/mol. The van der Waals surface area contributed by atoms with Crippen LogP contribution in [0.1, 0.15) is 16.6 Å². The minimum Gasteiger partial charge on any atom is -0.355 e. The first-order chi connectivity index (χ1) is 38.5. The molecular weight excluding hydrogens is 938 g/mol. The number of halogens is 3. The van der Waals surface area contributed by atoms with E-state index in [9.17, 15) is 19.8 Å². The summed E-state index contributed by atoms with van der Waals surface area (Å²) in [6, 6.07) is 61.7. The van der Waals surface area contributed by atoms with Crippen LogP contribution in [0.2, 0.25) is 0 Å². The molecule has 4 aromatic heterocycles. The van der Waals surface area contributed by atoms with E-state index in [1.807, 2.05) is 159 Å². The zero-order valence-corrected chi connectivity index (χ0v) is 39.1. The molecule has 11 heteroatoms. The molecule has 0 aliphatic carbocycles. The topological polar surface area (TPSA) is 86.9 Å². The highest BCUT2D eigenvalue weighted by molar-refractivity contribution is 6.14. The first-order valence-electron chi connectivity index (χ1n) is 25.4. The van der Waals surface area contributed by atoms with Gasteiger partial charge in [-0.05, 0) is 54.5 Å². The summed E-state index contributed by atoms with van der Waals surface area (Å²) in [5, 5.41) is 27.3. The Kier molecular flexibility index (Phi) is 10.0. The van der Waals surface area contributed by atoms with Gasteiger partial charge in [-0.25, -0.2) is 22.9 Å². The fourth-order valence-electron chi connectivity index (χ4n) is 10.2. The third kappa shape index (κ3) is 7.20. The van der Waals surface area contributed by atoms with Crippen molar-refractivity contribution in [3.8, 4) is 29.2 Å². The zero-order valence-electron chi connectivity index (χ0n) is 43.1. The highest BCUT2D eigenvalue weighted by Gasteiger charge is 2.28. The molecular formula is C64H35F3N8. The van der Waals surface area contributed by atoms with Gasteiger partial charge in [0.05, 0.1) is 74.4 Å². The molecule has 0 amide bonds. The van der Waals surface area contributed by atoms with Crippen molar-refractivity contribution in [1.29, 1.82) is 10.5 Å². The maximum Gasteiger partial charge on any atom is 0.258 e. The molecule has 0 unspecified atom stereocenters. The molecule has 10 aromatic carbocycles. The summed E-state index contributed by atoms with van der Waals surface area (Å²) in [5.74, 6) is -4.05. The van der Waals surface area contributed by atoms with Gasteiger partial charge in [0, 0.05) is 60.2 Å². The van der Waals surface area contributed by atoms with Crippen molar-refractivity contribution in [2.75, 3.05) is 0 Å². The minimum atomic E-state index is -1.45. The van der Waals surface area contributed by atoms with E-state index in [1.165, 1.54) is 11.5 Å². The van der Waals surface area contributed by atoms with Crippen LogP contribution in [-0.2, 0) is 0 Å². The number of aromatic amines is 1. The van der Waals surface area contributed by atoms with E-state index < -0.39 is 28.7 Å². The normalized spacial score (nSPS) is 11.8. The fraction of sp³-hybridized carbons (Fsp3) is 0. The molecule has 0 fully saturated rings. The molecule has 0 spiro atoms. The van der Waals surface area contributed by atoms with Gasteiger partial charge in [-0.15, -0.1) is 0 Å². The fourth-order valence-corrected chi connectivity index (χ4v) is 10.2. The molecule has 8 nitrogen and oxygen atoms in total. The van der Waals surface area contributed by atoms with Gasteiger partial charge in [-0.2, -0.15) is 10.5 Å². The molecule has 75 heavy (non-hydrogen) atoms. The van der Waals surface area contributed by atoms with E-state index in [2.05, 4.69) is 26.8 Å². The monoisotopic (exact) mass is 976 g/mol. The maximum absolute atomic E-state index is 12.9. The molecule has 352 valence electrons. The van der Waals surface area contributed by atoms with Crippen molar-refractivity contribution in [1.82, 2.24) is 18.7 Å². The second-order valence-electron chi connectivity index (χ2n) is 17.3. The Morgan fingerprint density at radius 1 is 0.413 bits per heavy atom. The summed E-state index contributed by atoms with van der Waals surface area (Å²) in [5.41, 5.74) is 6.15. The van der Waals surface area contributed by atoms with Crippen LogP contribution in [0.5, 0.6) is 0 Å². The van der Waals surface area contributed by atoms with Crippen LogP contribution in [0.15, 0.2) is 206 Å². The lowest BCUT2D eigenvalue weighted by molar-refractivity contribution is 0.546. The van der Waals surface area contributed by atoms with Crippen LogP contribution in [-0.4, -0.2) is 18.7 Å². The third-order valence-electron chi connectivity index (χ3n) is 13.3. The third-order valence-corrected chi connectivity index (χ3v) is 13.3. The van der Waals surface area contributed by atoms with Crippen molar-refractivity contribution in [3.05, 3.63) is 258 Å². The first-order valence-corrected chi connectivity index (χ1v) is 23.4. The number of hydrogen-bond donors (Lipinski definition) is 1. The predicted octanol–water partition coefficient (Wildman–Crippen LogP) is 17.2. The Labute approximate surface area is 431 Å². The number of nitrogens with zero attached hydrogens (tertiary/aromatic N) is 7. The van der Waals surface area contributed by atoms with E-state index in [4.69, 9.17) is 22.5 Å². The Balaban J connectivity index is 0.000000187. The molecule has 0 saturated carbocycles. The summed E-state index contributed by atoms with van der Waals surface area (Å²) in [6.07, 6.45) is 0. The summed E-state index contributed by atoms with van der Waals surface area (Å²) in [6.45, 7) is 15.2. The molecule has 14 aromatic rings. The van der Waals surface area contributed by atoms with Gasteiger partial charge in [0.2, 0.25) is 5.69 Å². The summed E-state index contributed by atoms with van der Waals surface area (Å²) >= 11 is 0. The van der Waals surface area contributed by atoms with Gasteiger partial charge in [-0.3, -0.25) is 0 Å². The minimum absolute atomic E-state index is 0.212. The van der Waals surface area contributed by atoms with E-state index in [0.717, 1.165) is 65.3 Å². The second kappa shape index (κ2) is 18.4. The Hall–Kier alpha value is -10.9. The number of hydrogen-bond acceptors (Lipinski definition) is 2. The summed E-state index contributed by atoms with van der Waals surface area (Å²) < 4.78 is 79.2. The molecule has 0 saturated heterocycles. The standard InChI is InChI=1S/C44H25N5.C12H9N.C8HF3N2/c1-46-43-42(48-37-22-10-4-16-30(37)31-17-5-11-23-38(31)48)26-41(47-35-20-8-2-14-28(35)29-15-3-9-21-36(29)47)34(27-45)44(43)49-39-24-12-6-18-32(39)33-19-7-13-25-40(33)49;1-3-7-11-9(5-1)10-6-2-4-8-12(10)13-11;1-13-8-6(10)2-5(9)4(3-12)7(8)11/h2-26H;1-8,13H;2H/i20D,22D,24D;7D;. The van der Waals surface area contributed by atoms with Gasteiger partial charge >= 0.3 is 0 Å².